The van der Waals surface area contributed by atoms with Crippen LogP contribution in [0.3, 0.4) is 0 Å². The molecule has 1 aromatic rings. The fraction of sp³-hybridized carbons (Fsp3) is 0.773. The molecule has 1 unspecified atom stereocenters. The van der Waals surface area contributed by atoms with Gasteiger partial charge in [-0.25, -0.2) is 0 Å². The number of ether oxygens (including phenoxy) is 2. The predicted molar refractivity (Wildman–Crippen MR) is 114 cm³/mol. The van der Waals surface area contributed by atoms with E-state index in [1.807, 2.05) is 6.92 Å². The molecule has 3 rings (SSSR count). The van der Waals surface area contributed by atoms with E-state index in [9.17, 15) is 4.79 Å². The van der Waals surface area contributed by atoms with Crippen LogP contribution in [-0.2, 0) is 16.0 Å². The first-order chi connectivity index (χ1) is 13.8. The van der Waals surface area contributed by atoms with Gasteiger partial charge in [0.1, 0.15) is 11.6 Å². The van der Waals surface area contributed by atoms with E-state index in [1.54, 1.807) is 4.90 Å². The monoisotopic (exact) mass is 404 g/mol. The summed E-state index contributed by atoms with van der Waals surface area (Å²) < 4.78 is 11.6. The molecule has 1 fully saturated rings. The molecule has 2 aliphatic heterocycles. The number of nitrogen functional groups attached to an aromatic ring is 1. The van der Waals surface area contributed by atoms with Crippen molar-refractivity contribution in [3.8, 4) is 6.01 Å². The highest BCUT2D eigenvalue weighted by atomic mass is 16.5. The molecule has 29 heavy (non-hydrogen) atoms. The third-order valence-corrected chi connectivity index (χ3v) is 5.93. The van der Waals surface area contributed by atoms with E-state index in [-0.39, 0.29) is 30.0 Å². The van der Waals surface area contributed by atoms with Gasteiger partial charge in [0.05, 0.1) is 18.1 Å². The molecule has 0 bridgehead atoms. The molecular weight excluding hydrogens is 368 g/mol. The molecule has 0 saturated carbocycles. The number of amides is 1. The quantitative estimate of drug-likeness (QED) is 0.628. The number of unbranched alkanes of at least 4 members (excludes halogenated alkanes) is 1. The molecule has 3 heterocycles. The van der Waals surface area contributed by atoms with Crippen molar-refractivity contribution >= 4 is 17.5 Å². The Morgan fingerprint density at radius 3 is 2.86 bits per heavy atom. The van der Waals surface area contributed by atoms with Gasteiger partial charge in [-0.3, -0.25) is 9.69 Å². The van der Waals surface area contributed by atoms with E-state index in [0.29, 0.717) is 24.1 Å². The van der Waals surface area contributed by atoms with E-state index in [1.165, 1.54) is 6.42 Å². The fourth-order valence-corrected chi connectivity index (χ4v) is 4.46. The van der Waals surface area contributed by atoms with Gasteiger partial charge in [0, 0.05) is 18.7 Å². The normalized spacial score (nSPS) is 21.9. The topological polar surface area (TPSA) is 90.6 Å². The van der Waals surface area contributed by atoms with Crippen LogP contribution >= 0.6 is 0 Å². The molecule has 0 radical (unpaired) electrons. The summed E-state index contributed by atoms with van der Waals surface area (Å²) in [5.41, 5.74) is 6.83. The Labute approximate surface area is 174 Å². The van der Waals surface area contributed by atoms with E-state index >= 15 is 0 Å². The molecule has 1 amide bonds. The molecule has 162 valence electrons. The van der Waals surface area contributed by atoms with Crippen LogP contribution in [0.4, 0.5) is 11.6 Å². The maximum atomic E-state index is 12.5. The first-order valence-corrected chi connectivity index (χ1v) is 11.1. The molecule has 0 spiro atoms. The van der Waals surface area contributed by atoms with Crippen LogP contribution in [0, 0.1) is 5.92 Å². The van der Waals surface area contributed by atoms with E-state index < -0.39 is 0 Å². The van der Waals surface area contributed by atoms with Gasteiger partial charge in [-0.15, -0.1) is 0 Å². The standard InChI is InChI=1S/C22H36N4O3/c1-5-8-15(2)29-21-24-19(23)17-13-18(27)26(20(17)25-21)11-7-6-9-16-10-12-28-22(3,4)14-16/h15-16H,5-14H2,1-4H3,(H2,23,24,25)/t15-,16?/m0/s1. The van der Waals surface area contributed by atoms with Crippen molar-refractivity contribution in [3.05, 3.63) is 5.56 Å². The van der Waals surface area contributed by atoms with Gasteiger partial charge in [-0.1, -0.05) is 26.2 Å². The largest absolute Gasteiger partial charge is 0.460 e. The Bertz CT molecular complexity index is 722. The van der Waals surface area contributed by atoms with Crippen molar-refractivity contribution < 1.29 is 14.3 Å². The Hall–Kier alpha value is -1.89. The Balaban J connectivity index is 1.57. The van der Waals surface area contributed by atoms with Crippen LogP contribution < -0.4 is 15.4 Å². The highest BCUT2D eigenvalue weighted by molar-refractivity contribution is 6.01. The summed E-state index contributed by atoms with van der Waals surface area (Å²) in [5, 5.41) is 0. The minimum Gasteiger partial charge on any atom is -0.460 e. The first-order valence-electron chi connectivity index (χ1n) is 11.1. The summed E-state index contributed by atoms with van der Waals surface area (Å²) in [5.74, 6) is 1.74. The zero-order valence-corrected chi connectivity index (χ0v) is 18.4. The smallest absolute Gasteiger partial charge is 0.320 e. The summed E-state index contributed by atoms with van der Waals surface area (Å²) >= 11 is 0. The van der Waals surface area contributed by atoms with Gasteiger partial charge in [-0.2, -0.15) is 9.97 Å². The number of nitrogens with two attached hydrogens (primary N) is 1. The molecular formula is C22H36N4O3. The summed E-state index contributed by atoms with van der Waals surface area (Å²) in [6.45, 7) is 9.97. The van der Waals surface area contributed by atoms with Gasteiger partial charge in [-0.05, 0) is 52.4 Å². The van der Waals surface area contributed by atoms with Crippen molar-refractivity contribution in [3.63, 3.8) is 0 Å². The van der Waals surface area contributed by atoms with Crippen molar-refractivity contribution in [2.24, 2.45) is 5.92 Å². The van der Waals surface area contributed by atoms with Gasteiger partial charge < -0.3 is 15.2 Å². The van der Waals surface area contributed by atoms with Crippen LogP contribution in [0.25, 0.3) is 0 Å². The number of anilines is 2. The molecule has 7 heteroatoms. The summed E-state index contributed by atoms with van der Waals surface area (Å²) in [7, 11) is 0. The molecule has 7 nitrogen and oxygen atoms in total. The number of hydrogen-bond acceptors (Lipinski definition) is 6. The second-order valence-corrected chi connectivity index (χ2v) is 9.10. The predicted octanol–water partition coefficient (Wildman–Crippen LogP) is 3.89. The highest BCUT2D eigenvalue weighted by Gasteiger charge is 2.32. The van der Waals surface area contributed by atoms with E-state index in [0.717, 1.165) is 50.7 Å². The number of fused-ring (bicyclic) bond motifs is 1. The zero-order chi connectivity index (χ0) is 21.0. The molecule has 2 N–H and O–H groups in total. The minimum absolute atomic E-state index is 0.00740. The van der Waals surface area contributed by atoms with Crippen LogP contribution in [0.1, 0.15) is 78.2 Å². The third-order valence-electron chi connectivity index (χ3n) is 5.93. The molecule has 1 aromatic heterocycles. The number of carbonyl (C=O) groups excluding carboxylic acids is 1. The molecule has 0 aromatic carbocycles. The second kappa shape index (κ2) is 9.28. The average molecular weight is 405 g/mol. The molecule has 2 atom stereocenters. The number of rotatable bonds is 9. The fourth-order valence-electron chi connectivity index (χ4n) is 4.46. The molecule has 1 saturated heterocycles. The Morgan fingerprint density at radius 2 is 2.14 bits per heavy atom. The first kappa shape index (κ1) is 21.8. The van der Waals surface area contributed by atoms with Crippen molar-refractivity contribution in [1.29, 1.82) is 0 Å². The SMILES string of the molecule is CCC[C@H](C)Oc1nc(N)c2c(n1)N(CCCCC1CCOC(C)(C)C1)C(=O)C2. The Kier molecular flexibility index (Phi) is 6.98. The number of nitrogens with zero attached hydrogens (tertiary/aromatic N) is 3. The number of carbonyl (C=O) groups is 1. The van der Waals surface area contributed by atoms with Crippen molar-refractivity contribution in [2.45, 2.75) is 90.8 Å². The van der Waals surface area contributed by atoms with E-state index in [2.05, 4.69) is 30.7 Å². The van der Waals surface area contributed by atoms with Crippen LogP contribution in [0.15, 0.2) is 0 Å². The van der Waals surface area contributed by atoms with Crippen LogP contribution in [0.2, 0.25) is 0 Å². The van der Waals surface area contributed by atoms with E-state index in [4.69, 9.17) is 15.2 Å². The second-order valence-electron chi connectivity index (χ2n) is 9.10. The van der Waals surface area contributed by atoms with Crippen molar-refractivity contribution in [1.82, 2.24) is 9.97 Å². The lowest BCUT2D eigenvalue weighted by Gasteiger charge is -2.35. The summed E-state index contributed by atoms with van der Waals surface area (Å²) in [4.78, 5) is 23.1. The maximum absolute atomic E-state index is 12.5. The van der Waals surface area contributed by atoms with Crippen molar-refractivity contribution in [2.75, 3.05) is 23.8 Å². The minimum atomic E-state index is -0.00740. The lowest BCUT2D eigenvalue weighted by molar-refractivity contribution is -0.117. The van der Waals surface area contributed by atoms with Gasteiger partial charge in [0.25, 0.3) is 0 Å². The molecule has 2 aliphatic rings. The maximum Gasteiger partial charge on any atom is 0.320 e. The van der Waals surface area contributed by atoms with Gasteiger partial charge in [0.15, 0.2) is 0 Å². The van der Waals surface area contributed by atoms with Crippen LogP contribution in [-0.4, -0.2) is 40.7 Å². The summed E-state index contributed by atoms with van der Waals surface area (Å²) in [6, 6.07) is 0.270. The third kappa shape index (κ3) is 5.59. The lowest BCUT2D eigenvalue weighted by atomic mass is 9.85. The van der Waals surface area contributed by atoms with Crippen LogP contribution in [0.5, 0.6) is 6.01 Å². The number of aromatic nitrogens is 2. The highest BCUT2D eigenvalue weighted by Crippen LogP contribution is 2.34. The average Bonchev–Trinajstić information content (AvgIpc) is 2.94. The number of hydrogen-bond donors (Lipinski definition) is 1. The lowest BCUT2D eigenvalue weighted by Crippen LogP contribution is -2.34. The Morgan fingerprint density at radius 1 is 1.34 bits per heavy atom. The summed E-state index contributed by atoms with van der Waals surface area (Å²) in [6.07, 6.45) is 7.71. The molecule has 0 aliphatic carbocycles. The van der Waals surface area contributed by atoms with Gasteiger partial charge >= 0.3 is 6.01 Å². The zero-order valence-electron chi connectivity index (χ0n) is 18.4. The van der Waals surface area contributed by atoms with Gasteiger partial charge in [0.2, 0.25) is 5.91 Å².